The lowest BCUT2D eigenvalue weighted by molar-refractivity contribution is -0.134. The molecule has 3 nitrogen and oxygen atoms in total. The maximum absolute atomic E-state index is 12.6. The minimum Gasteiger partial charge on any atom is -0.338 e. The number of carbonyl (C=O) groups is 1. The summed E-state index contributed by atoms with van der Waals surface area (Å²) < 4.78 is 0. The Morgan fingerprint density at radius 3 is 2.32 bits per heavy atom. The molecule has 0 aromatic rings. The van der Waals surface area contributed by atoms with Gasteiger partial charge in [0.05, 0.1) is 0 Å². The molecule has 0 bridgehead atoms. The van der Waals surface area contributed by atoms with E-state index < -0.39 is 0 Å². The van der Waals surface area contributed by atoms with Crippen LogP contribution < -0.4 is 0 Å². The van der Waals surface area contributed by atoms with E-state index in [1.807, 2.05) is 0 Å². The zero-order valence-electron chi connectivity index (χ0n) is 12.3. The average Bonchev–Trinajstić information content (AvgIpc) is 3.07. The van der Waals surface area contributed by atoms with E-state index >= 15 is 0 Å². The smallest absolute Gasteiger partial charge is 0.223 e. The van der Waals surface area contributed by atoms with Gasteiger partial charge in [-0.05, 0) is 58.0 Å². The van der Waals surface area contributed by atoms with Crippen molar-refractivity contribution in [2.45, 2.75) is 69.9 Å². The third kappa shape index (κ3) is 2.81. The molecule has 3 aliphatic rings. The molecule has 0 radical (unpaired) electrons. The van der Waals surface area contributed by atoms with E-state index in [0.29, 0.717) is 23.9 Å². The molecule has 1 aliphatic carbocycles. The van der Waals surface area contributed by atoms with E-state index in [9.17, 15) is 4.79 Å². The molecule has 3 fully saturated rings. The van der Waals surface area contributed by atoms with Crippen molar-refractivity contribution < 1.29 is 4.79 Å². The third-order valence-electron chi connectivity index (χ3n) is 5.58. The average molecular weight is 264 g/mol. The highest BCUT2D eigenvalue weighted by Gasteiger charge is 2.38. The number of amides is 1. The van der Waals surface area contributed by atoms with Crippen LogP contribution in [0.1, 0.15) is 57.8 Å². The highest BCUT2D eigenvalue weighted by atomic mass is 16.2. The van der Waals surface area contributed by atoms with Gasteiger partial charge in [-0.15, -0.1) is 0 Å². The number of likely N-dealkylation sites (N-methyl/N-ethyl adjacent to an activating group) is 1. The van der Waals surface area contributed by atoms with Crippen LogP contribution in [-0.4, -0.2) is 47.9 Å². The van der Waals surface area contributed by atoms with Crippen LogP contribution in [0.4, 0.5) is 0 Å². The lowest BCUT2D eigenvalue weighted by Crippen LogP contribution is -2.47. The Labute approximate surface area is 117 Å². The molecule has 2 aliphatic heterocycles. The molecule has 2 atom stereocenters. The van der Waals surface area contributed by atoms with E-state index in [1.165, 1.54) is 57.9 Å². The van der Waals surface area contributed by atoms with Crippen molar-refractivity contribution in [3.8, 4) is 0 Å². The minimum atomic E-state index is 0.453. The molecule has 1 saturated carbocycles. The summed E-state index contributed by atoms with van der Waals surface area (Å²) in [6, 6.07) is 1.15. The van der Waals surface area contributed by atoms with Gasteiger partial charge in [0.1, 0.15) is 0 Å². The lowest BCUT2D eigenvalue weighted by Gasteiger charge is -2.33. The van der Waals surface area contributed by atoms with Crippen molar-refractivity contribution in [1.82, 2.24) is 9.80 Å². The summed E-state index contributed by atoms with van der Waals surface area (Å²) in [6.45, 7) is 2.23. The van der Waals surface area contributed by atoms with Gasteiger partial charge < -0.3 is 9.80 Å². The van der Waals surface area contributed by atoms with Gasteiger partial charge in [0.15, 0.2) is 0 Å². The van der Waals surface area contributed by atoms with E-state index in [0.717, 1.165) is 13.0 Å². The number of rotatable bonds is 3. The van der Waals surface area contributed by atoms with Gasteiger partial charge >= 0.3 is 0 Å². The van der Waals surface area contributed by atoms with Gasteiger partial charge in [-0.1, -0.05) is 12.8 Å². The fourth-order valence-electron chi connectivity index (χ4n) is 4.50. The SMILES string of the molecule is CN1CCC[C@H]1[C@H]1CCCN1C(=O)CC1CCCC1. The summed E-state index contributed by atoms with van der Waals surface area (Å²) in [7, 11) is 2.23. The molecule has 3 rings (SSSR count). The molecular weight excluding hydrogens is 236 g/mol. The fourth-order valence-corrected chi connectivity index (χ4v) is 4.50. The minimum absolute atomic E-state index is 0.453. The number of hydrogen-bond acceptors (Lipinski definition) is 2. The molecule has 2 heterocycles. The van der Waals surface area contributed by atoms with Gasteiger partial charge in [0, 0.05) is 25.0 Å². The second-order valence-corrected chi connectivity index (χ2v) is 6.84. The molecule has 0 aromatic carbocycles. The molecule has 0 aromatic heterocycles. The number of hydrogen-bond donors (Lipinski definition) is 0. The van der Waals surface area contributed by atoms with Crippen LogP contribution in [0.3, 0.4) is 0 Å². The summed E-state index contributed by atoms with van der Waals surface area (Å²) in [5.41, 5.74) is 0. The second-order valence-electron chi connectivity index (χ2n) is 6.84. The van der Waals surface area contributed by atoms with Gasteiger partial charge in [0.2, 0.25) is 5.91 Å². The largest absolute Gasteiger partial charge is 0.338 e. The Bertz CT molecular complexity index is 325. The van der Waals surface area contributed by atoms with Crippen LogP contribution in [0.2, 0.25) is 0 Å². The van der Waals surface area contributed by atoms with Crippen molar-refractivity contribution in [1.29, 1.82) is 0 Å². The van der Waals surface area contributed by atoms with Crippen molar-refractivity contribution in [3.63, 3.8) is 0 Å². The predicted molar refractivity (Wildman–Crippen MR) is 77.0 cm³/mol. The number of nitrogens with zero attached hydrogens (tertiary/aromatic N) is 2. The first-order valence-corrected chi connectivity index (χ1v) is 8.25. The maximum atomic E-state index is 12.6. The third-order valence-corrected chi connectivity index (χ3v) is 5.58. The van der Waals surface area contributed by atoms with Crippen LogP contribution in [-0.2, 0) is 4.79 Å². The van der Waals surface area contributed by atoms with Gasteiger partial charge in [-0.3, -0.25) is 4.79 Å². The van der Waals surface area contributed by atoms with Crippen molar-refractivity contribution in [2.24, 2.45) is 5.92 Å². The molecule has 1 amide bonds. The highest BCUT2D eigenvalue weighted by Crippen LogP contribution is 2.32. The van der Waals surface area contributed by atoms with Crippen LogP contribution in [0.5, 0.6) is 0 Å². The van der Waals surface area contributed by atoms with Crippen molar-refractivity contribution >= 4 is 5.91 Å². The van der Waals surface area contributed by atoms with Gasteiger partial charge in [0.25, 0.3) is 0 Å². The summed E-state index contributed by atoms with van der Waals surface area (Å²) in [4.78, 5) is 17.3. The zero-order chi connectivity index (χ0) is 13.2. The molecule has 0 unspecified atom stereocenters. The molecule has 2 saturated heterocycles. The Hall–Kier alpha value is -0.570. The topological polar surface area (TPSA) is 23.6 Å². The normalized spacial score (nSPS) is 33.4. The quantitative estimate of drug-likeness (QED) is 0.782. The van der Waals surface area contributed by atoms with Gasteiger partial charge in [-0.25, -0.2) is 0 Å². The Balaban J connectivity index is 1.60. The molecule has 0 N–H and O–H groups in total. The Morgan fingerprint density at radius 2 is 1.63 bits per heavy atom. The zero-order valence-corrected chi connectivity index (χ0v) is 12.3. The van der Waals surface area contributed by atoms with Gasteiger partial charge in [-0.2, -0.15) is 0 Å². The summed E-state index contributed by atoms with van der Waals surface area (Å²) >= 11 is 0. The molecule has 19 heavy (non-hydrogen) atoms. The first-order chi connectivity index (χ1) is 9.25. The number of carbonyl (C=O) groups excluding carboxylic acids is 1. The summed E-state index contributed by atoms with van der Waals surface area (Å²) in [6.07, 6.45) is 11.1. The van der Waals surface area contributed by atoms with Crippen LogP contribution in [0.25, 0.3) is 0 Å². The summed E-state index contributed by atoms with van der Waals surface area (Å²) in [5.74, 6) is 1.14. The lowest BCUT2D eigenvalue weighted by atomic mass is 10.0. The molecule has 108 valence electrons. The Kier molecular flexibility index (Phi) is 4.11. The van der Waals surface area contributed by atoms with E-state index in [2.05, 4.69) is 16.8 Å². The van der Waals surface area contributed by atoms with Crippen LogP contribution in [0, 0.1) is 5.92 Å². The monoisotopic (exact) mass is 264 g/mol. The van der Waals surface area contributed by atoms with E-state index in [4.69, 9.17) is 0 Å². The highest BCUT2D eigenvalue weighted by molar-refractivity contribution is 5.77. The summed E-state index contributed by atoms with van der Waals surface area (Å²) in [5, 5.41) is 0. The number of likely N-dealkylation sites (tertiary alicyclic amines) is 2. The first kappa shape index (κ1) is 13.4. The Morgan fingerprint density at radius 1 is 0.947 bits per heavy atom. The van der Waals surface area contributed by atoms with E-state index in [1.54, 1.807) is 0 Å². The fraction of sp³-hybridized carbons (Fsp3) is 0.938. The molecular formula is C16H28N2O. The molecule has 0 spiro atoms. The maximum Gasteiger partial charge on any atom is 0.223 e. The van der Waals surface area contributed by atoms with Crippen molar-refractivity contribution in [2.75, 3.05) is 20.1 Å². The second kappa shape index (κ2) is 5.82. The molecule has 3 heteroatoms. The first-order valence-electron chi connectivity index (χ1n) is 8.25. The van der Waals surface area contributed by atoms with Crippen molar-refractivity contribution in [3.05, 3.63) is 0 Å². The van der Waals surface area contributed by atoms with E-state index in [-0.39, 0.29) is 0 Å². The predicted octanol–water partition coefficient (Wildman–Crippen LogP) is 2.65. The standard InChI is InChI=1S/C16H28N2O/c1-17-10-4-8-14(17)15-9-5-11-18(15)16(19)12-13-6-2-3-7-13/h13-15H,2-12H2,1H3/t14-,15+/m0/s1. The van der Waals surface area contributed by atoms with Crippen LogP contribution in [0.15, 0.2) is 0 Å². The van der Waals surface area contributed by atoms with Crippen LogP contribution >= 0.6 is 0 Å².